The van der Waals surface area contributed by atoms with Gasteiger partial charge in [-0.15, -0.1) is 0 Å². The fourth-order valence-corrected chi connectivity index (χ4v) is 1.25. The van der Waals surface area contributed by atoms with Crippen LogP contribution in [0.2, 0.25) is 0 Å². The quantitative estimate of drug-likeness (QED) is 0.805. The fraction of sp³-hybridized carbons (Fsp3) is 0.300. The Kier molecular flexibility index (Phi) is 2.65. The van der Waals surface area contributed by atoms with Gasteiger partial charge < -0.3 is 14.2 Å². The summed E-state index contributed by atoms with van der Waals surface area (Å²) in [6.45, 7) is 3.65. The summed E-state index contributed by atoms with van der Waals surface area (Å²) in [5.41, 5.74) is 0.877. The van der Waals surface area contributed by atoms with E-state index in [9.17, 15) is 0 Å². The zero-order valence-electron chi connectivity index (χ0n) is 7.99. The first-order valence-electron chi connectivity index (χ1n) is 4.58. The van der Waals surface area contributed by atoms with E-state index >= 15 is 0 Å². The highest BCUT2D eigenvalue weighted by atomic mass is 16.4. The molecule has 2 aromatic heterocycles. The number of nitrogens with zero attached hydrogens (tertiary/aromatic N) is 1. The average molecular weight is 192 g/mol. The van der Waals surface area contributed by atoms with Crippen LogP contribution in [0, 0.1) is 0 Å². The van der Waals surface area contributed by atoms with Gasteiger partial charge in [0.25, 0.3) is 0 Å². The number of hydrogen-bond acceptors (Lipinski definition) is 4. The van der Waals surface area contributed by atoms with Crippen LogP contribution in [-0.4, -0.2) is 11.5 Å². The van der Waals surface area contributed by atoms with Gasteiger partial charge in [0, 0.05) is 6.54 Å². The van der Waals surface area contributed by atoms with Crippen LogP contribution < -0.4 is 5.32 Å². The second kappa shape index (κ2) is 4.11. The summed E-state index contributed by atoms with van der Waals surface area (Å²) >= 11 is 0. The predicted molar refractivity (Wildman–Crippen MR) is 51.6 cm³/mol. The van der Waals surface area contributed by atoms with Crippen molar-refractivity contribution in [3.8, 4) is 11.5 Å². The van der Waals surface area contributed by atoms with Crippen molar-refractivity contribution in [2.75, 3.05) is 6.54 Å². The molecule has 0 aliphatic carbocycles. The maximum Gasteiger partial charge on any atom is 0.194 e. The van der Waals surface area contributed by atoms with Crippen LogP contribution >= 0.6 is 0 Å². The van der Waals surface area contributed by atoms with Crippen LogP contribution in [0.5, 0.6) is 0 Å². The molecule has 0 aliphatic rings. The molecule has 0 aromatic carbocycles. The zero-order valence-corrected chi connectivity index (χ0v) is 7.99. The van der Waals surface area contributed by atoms with E-state index in [1.54, 1.807) is 6.26 Å². The Hall–Kier alpha value is -1.55. The maximum absolute atomic E-state index is 5.26. The molecule has 1 N–H and O–H groups in total. The lowest BCUT2D eigenvalue weighted by atomic mass is 10.3. The highest BCUT2D eigenvalue weighted by Crippen LogP contribution is 2.22. The molecule has 0 spiro atoms. The molecule has 4 heteroatoms. The van der Waals surface area contributed by atoms with Gasteiger partial charge in [0.15, 0.2) is 17.9 Å². The summed E-state index contributed by atoms with van der Waals surface area (Å²) in [6.07, 6.45) is 3.05. The van der Waals surface area contributed by atoms with Crippen LogP contribution in [0.4, 0.5) is 0 Å². The molecule has 0 atom stereocenters. The van der Waals surface area contributed by atoms with E-state index in [4.69, 9.17) is 8.83 Å². The van der Waals surface area contributed by atoms with Crippen molar-refractivity contribution in [1.29, 1.82) is 0 Å². The van der Waals surface area contributed by atoms with E-state index < -0.39 is 0 Å². The topological polar surface area (TPSA) is 51.2 Å². The molecule has 14 heavy (non-hydrogen) atoms. The van der Waals surface area contributed by atoms with E-state index in [-0.39, 0.29) is 0 Å². The van der Waals surface area contributed by atoms with Crippen LogP contribution in [0.1, 0.15) is 12.6 Å². The van der Waals surface area contributed by atoms with Crippen molar-refractivity contribution in [1.82, 2.24) is 10.3 Å². The molecule has 0 saturated carbocycles. The number of rotatable bonds is 4. The minimum absolute atomic E-state index is 0.697. The van der Waals surface area contributed by atoms with E-state index in [1.807, 2.05) is 19.1 Å². The second-order valence-corrected chi connectivity index (χ2v) is 2.89. The van der Waals surface area contributed by atoms with E-state index in [1.165, 1.54) is 6.39 Å². The Labute approximate surface area is 81.9 Å². The van der Waals surface area contributed by atoms with Crippen molar-refractivity contribution in [2.45, 2.75) is 13.5 Å². The summed E-state index contributed by atoms with van der Waals surface area (Å²) in [5.74, 6) is 1.42. The Bertz CT molecular complexity index is 378. The fourth-order valence-electron chi connectivity index (χ4n) is 1.25. The van der Waals surface area contributed by atoms with Gasteiger partial charge in [-0.1, -0.05) is 6.92 Å². The van der Waals surface area contributed by atoms with Gasteiger partial charge in [0.2, 0.25) is 0 Å². The van der Waals surface area contributed by atoms with Crippen molar-refractivity contribution >= 4 is 0 Å². The van der Waals surface area contributed by atoms with Crippen molar-refractivity contribution in [3.63, 3.8) is 0 Å². The monoisotopic (exact) mass is 192 g/mol. The number of hydrogen-bond donors (Lipinski definition) is 1. The lowest BCUT2D eigenvalue weighted by Crippen LogP contribution is -2.12. The molecule has 2 rings (SSSR count). The van der Waals surface area contributed by atoms with E-state index in [0.29, 0.717) is 12.3 Å². The summed E-state index contributed by atoms with van der Waals surface area (Å²) in [6, 6.07) is 3.69. The van der Waals surface area contributed by atoms with Gasteiger partial charge in [0.1, 0.15) is 5.69 Å². The Morgan fingerprint density at radius 1 is 1.43 bits per heavy atom. The highest BCUT2D eigenvalue weighted by molar-refractivity contribution is 5.52. The normalized spacial score (nSPS) is 10.6. The predicted octanol–water partition coefficient (Wildman–Crippen LogP) is 2.04. The first kappa shape index (κ1) is 9.02. The standard InChI is InChI=1S/C10H12N2O2/c1-2-11-6-8-10(14-7-12-8)9-4-3-5-13-9/h3-5,7,11H,2,6H2,1H3. The van der Waals surface area contributed by atoms with Crippen molar-refractivity contribution < 1.29 is 8.83 Å². The van der Waals surface area contributed by atoms with Crippen LogP contribution in [0.25, 0.3) is 11.5 Å². The lowest BCUT2D eigenvalue weighted by Gasteiger charge is -1.98. The van der Waals surface area contributed by atoms with Crippen molar-refractivity contribution in [3.05, 3.63) is 30.5 Å². The van der Waals surface area contributed by atoms with Gasteiger partial charge >= 0.3 is 0 Å². The molecule has 2 aromatic rings. The molecule has 74 valence electrons. The highest BCUT2D eigenvalue weighted by Gasteiger charge is 2.11. The Morgan fingerprint density at radius 2 is 2.36 bits per heavy atom. The van der Waals surface area contributed by atoms with Crippen molar-refractivity contribution in [2.24, 2.45) is 0 Å². The molecule has 0 fully saturated rings. The first-order valence-corrected chi connectivity index (χ1v) is 4.58. The number of oxazole rings is 1. The average Bonchev–Trinajstić information content (AvgIpc) is 2.84. The largest absolute Gasteiger partial charge is 0.461 e. The SMILES string of the molecule is CCNCc1ncoc1-c1ccco1. The molecule has 4 nitrogen and oxygen atoms in total. The summed E-state index contributed by atoms with van der Waals surface area (Å²) in [5, 5.41) is 3.19. The minimum Gasteiger partial charge on any atom is -0.461 e. The summed E-state index contributed by atoms with van der Waals surface area (Å²) < 4.78 is 10.5. The molecular weight excluding hydrogens is 180 g/mol. The van der Waals surface area contributed by atoms with Gasteiger partial charge in [-0.05, 0) is 18.7 Å². The minimum atomic E-state index is 0.697. The molecule has 0 bridgehead atoms. The van der Waals surface area contributed by atoms with E-state index in [2.05, 4.69) is 10.3 Å². The Balaban J connectivity index is 2.22. The van der Waals surface area contributed by atoms with Crippen LogP contribution in [0.3, 0.4) is 0 Å². The zero-order chi connectivity index (χ0) is 9.80. The van der Waals surface area contributed by atoms with Crippen LogP contribution in [-0.2, 0) is 6.54 Å². The van der Waals surface area contributed by atoms with Gasteiger partial charge in [-0.2, -0.15) is 0 Å². The molecule has 0 saturated heterocycles. The van der Waals surface area contributed by atoms with Gasteiger partial charge in [-0.3, -0.25) is 0 Å². The molecule has 0 aliphatic heterocycles. The third-order valence-corrected chi connectivity index (χ3v) is 1.93. The number of nitrogens with one attached hydrogen (secondary N) is 1. The molecule has 0 unspecified atom stereocenters. The Morgan fingerprint density at radius 3 is 3.07 bits per heavy atom. The summed E-state index contributed by atoms with van der Waals surface area (Å²) in [4.78, 5) is 4.12. The van der Waals surface area contributed by atoms with Gasteiger partial charge in [-0.25, -0.2) is 4.98 Å². The van der Waals surface area contributed by atoms with Crippen LogP contribution in [0.15, 0.2) is 33.6 Å². The number of furan rings is 1. The first-order chi connectivity index (χ1) is 6.92. The molecule has 0 radical (unpaired) electrons. The number of aromatic nitrogens is 1. The second-order valence-electron chi connectivity index (χ2n) is 2.89. The van der Waals surface area contributed by atoms with Gasteiger partial charge in [0.05, 0.1) is 6.26 Å². The maximum atomic E-state index is 5.26. The molecular formula is C10H12N2O2. The third-order valence-electron chi connectivity index (χ3n) is 1.93. The molecule has 2 heterocycles. The third kappa shape index (κ3) is 1.70. The lowest BCUT2D eigenvalue weighted by molar-refractivity contribution is 0.518. The smallest absolute Gasteiger partial charge is 0.194 e. The summed E-state index contributed by atoms with van der Waals surface area (Å²) in [7, 11) is 0. The molecule has 0 amide bonds. The van der Waals surface area contributed by atoms with E-state index in [0.717, 1.165) is 18.0 Å².